The maximum absolute atomic E-state index is 12.3. The molecule has 0 spiro atoms. The fourth-order valence-electron chi connectivity index (χ4n) is 2.54. The molecule has 22 heavy (non-hydrogen) atoms. The average Bonchev–Trinajstić information content (AvgIpc) is 3.01. The summed E-state index contributed by atoms with van der Waals surface area (Å²) in [5.41, 5.74) is 8.91. The molecule has 0 aliphatic carbocycles. The van der Waals surface area contributed by atoms with Crippen molar-refractivity contribution in [2.24, 2.45) is 0 Å². The third-order valence-corrected chi connectivity index (χ3v) is 3.50. The third kappa shape index (κ3) is 2.64. The molecular formula is C16H19N3O3. The number of benzene rings is 1. The van der Waals surface area contributed by atoms with E-state index in [9.17, 15) is 4.79 Å². The van der Waals surface area contributed by atoms with E-state index in [2.05, 4.69) is 5.16 Å². The molecule has 2 heterocycles. The molecule has 0 radical (unpaired) electrons. The minimum absolute atomic E-state index is 0.293. The number of carbonyl (C=O) groups excluding carboxylic acids is 1. The lowest BCUT2D eigenvalue weighted by Gasteiger charge is -2.24. The van der Waals surface area contributed by atoms with Gasteiger partial charge in [-0.2, -0.15) is 0 Å². The van der Waals surface area contributed by atoms with Gasteiger partial charge in [-0.05, 0) is 50.5 Å². The first-order valence-corrected chi connectivity index (χ1v) is 7.19. The second-order valence-electron chi connectivity index (χ2n) is 6.33. The number of hydrogen-bond donors (Lipinski definition) is 1. The molecule has 6 nitrogen and oxygen atoms in total. The van der Waals surface area contributed by atoms with Crippen LogP contribution in [0.4, 0.5) is 16.4 Å². The van der Waals surface area contributed by atoms with E-state index in [1.807, 2.05) is 39.0 Å². The number of ether oxygens (including phenoxy) is 1. The van der Waals surface area contributed by atoms with Crippen LogP contribution in [0.15, 0.2) is 28.9 Å². The van der Waals surface area contributed by atoms with Crippen LogP contribution in [0, 0.1) is 0 Å². The minimum atomic E-state index is -0.503. The third-order valence-electron chi connectivity index (χ3n) is 3.50. The van der Waals surface area contributed by atoms with Crippen LogP contribution in [-0.2, 0) is 11.2 Å². The van der Waals surface area contributed by atoms with Crippen LogP contribution in [0.5, 0.6) is 0 Å². The summed E-state index contributed by atoms with van der Waals surface area (Å²) < 4.78 is 10.3. The number of rotatable bonds is 1. The SMILES string of the molecule is CC(C)(C)OC(=O)N1CCc2cc(-c3cnoc3N)ccc21. The summed E-state index contributed by atoms with van der Waals surface area (Å²) in [6, 6.07) is 5.83. The number of carbonyl (C=O) groups is 1. The predicted molar refractivity (Wildman–Crippen MR) is 83.6 cm³/mol. The highest BCUT2D eigenvalue weighted by Crippen LogP contribution is 2.34. The molecule has 2 N–H and O–H groups in total. The quantitative estimate of drug-likeness (QED) is 0.874. The Bertz CT molecular complexity index is 716. The van der Waals surface area contributed by atoms with Gasteiger partial charge in [-0.1, -0.05) is 11.2 Å². The Kier molecular flexibility index (Phi) is 3.31. The number of fused-ring (bicyclic) bond motifs is 1. The van der Waals surface area contributed by atoms with Crippen molar-refractivity contribution in [3.8, 4) is 11.1 Å². The molecule has 1 aromatic carbocycles. The van der Waals surface area contributed by atoms with Gasteiger partial charge in [0.15, 0.2) is 0 Å². The van der Waals surface area contributed by atoms with E-state index in [0.29, 0.717) is 12.4 Å². The standard InChI is InChI=1S/C16H19N3O3/c1-16(2,3)21-15(20)19-7-6-11-8-10(4-5-13(11)19)12-9-18-22-14(12)17/h4-5,8-9H,6-7,17H2,1-3H3. The summed E-state index contributed by atoms with van der Waals surface area (Å²) in [5.74, 6) is 0.293. The van der Waals surface area contributed by atoms with Crippen LogP contribution in [0.25, 0.3) is 11.1 Å². The molecule has 0 fully saturated rings. The summed E-state index contributed by atoms with van der Waals surface area (Å²) in [5, 5.41) is 3.69. The molecule has 3 rings (SSSR count). The van der Waals surface area contributed by atoms with Crippen molar-refractivity contribution in [1.29, 1.82) is 0 Å². The minimum Gasteiger partial charge on any atom is -0.443 e. The molecule has 1 amide bonds. The van der Waals surface area contributed by atoms with Gasteiger partial charge in [0.2, 0.25) is 5.88 Å². The Labute approximate surface area is 128 Å². The van der Waals surface area contributed by atoms with Gasteiger partial charge >= 0.3 is 6.09 Å². The first-order valence-electron chi connectivity index (χ1n) is 7.19. The van der Waals surface area contributed by atoms with E-state index in [1.165, 1.54) is 0 Å². The molecule has 0 saturated heterocycles. The summed E-state index contributed by atoms with van der Waals surface area (Å²) in [6.45, 7) is 6.20. The number of amides is 1. The van der Waals surface area contributed by atoms with E-state index in [4.69, 9.17) is 15.0 Å². The molecule has 6 heteroatoms. The highest BCUT2D eigenvalue weighted by atomic mass is 16.6. The summed E-state index contributed by atoms with van der Waals surface area (Å²) >= 11 is 0. The smallest absolute Gasteiger partial charge is 0.414 e. The monoisotopic (exact) mass is 301 g/mol. The molecule has 0 bridgehead atoms. The molecule has 0 atom stereocenters. The van der Waals surface area contributed by atoms with Crippen molar-refractivity contribution in [2.45, 2.75) is 32.8 Å². The predicted octanol–water partition coefficient (Wildman–Crippen LogP) is 3.22. The van der Waals surface area contributed by atoms with Gasteiger partial charge < -0.3 is 15.0 Å². The van der Waals surface area contributed by atoms with Crippen LogP contribution in [0.2, 0.25) is 0 Å². The van der Waals surface area contributed by atoms with Gasteiger partial charge in [-0.3, -0.25) is 4.90 Å². The lowest BCUT2D eigenvalue weighted by molar-refractivity contribution is 0.0584. The zero-order valence-electron chi connectivity index (χ0n) is 12.9. The zero-order chi connectivity index (χ0) is 15.9. The normalized spacial score (nSPS) is 14.0. The van der Waals surface area contributed by atoms with Gasteiger partial charge in [-0.25, -0.2) is 4.79 Å². The molecule has 116 valence electrons. The second kappa shape index (κ2) is 5.05. The summed E-state index contributed by atoms with van der Waals surface area (Å²) in [6.07, 6.45) is 2.06. The second-order valence-corrected chi connectivity index (χ2v) is 6.33. The van der Waals surface area contributed by atoms with Crippen LogP contribution in [0.1, 0.15) is 26.3 Å². The number of hydrogen-bond acceptors (Lipinski definition) is 5. The first kappa shape index (κ1) is 14.4. The molecule has 1 aliphatic heterocycles. The topological polar surface area (TPSA) is 81.6 Å². The highest BCUT2D eigenvalue weighted by molar-refractivity contribution is 5.91. The molecule has 0 saturated carbocycles. The Morgan fingerprint density at radius 3 is 2.82 bits per heavy atom. The first-order chi connectivity index (χ1) is 10.3. The number of anilines is 2. The number of nitrogen functional groups attached to an aromatic ring is 1. The zero-order valence-corrected chi connectivity index (χ0v) is 12.9. The Hall–Kier alpha value is -2.50. The van der Waals surface area contributed by atoms with Crippen LogP contribution in [0.3, 0.4) is 0 Å². The molecule has 1 aliphatic rings. The van der Waals surface area contributed by atoms with Gasteiger partial charge in [0, 0.05) is 6.54 Å². The van der Waals surface area contributed by atoms with Crippen LogP contribution < -0.4 is 10.6 Å². The van der Waals surface area contributed by atoms with Crippen molar-refractivity contribution < 1.29 is 14.1 Å². The van der Waals surface area contributed by atoms with Crippen LogP contribution >= 0.6 is 0 Å². The number of nitrogens with zero attached hydrogens (tertiary/aromatic N) is 2. The molecule has 0 unspecified atom stereocenters. The van der Waals surface area contributed by atoms with Crippen molar-refractivity contribution >= 4 is 17.7 Å². The maximum atomic E-state index is 12.3. The van der Waals surface area contributed by atoms with E-state index in [-0.39, 0.29) is 6.09 Å². The van der Waals surface area contributed by atoms with Crippen molar-refractivity contribution in [3.63, 3.8) is 0 Å². The largest absolute Gasteiger partial charge is 0.443 e. The fraction of sp³-hybridized carbons (Fsp3) is 0.375. The van der Waals surface area contributed by atoms with Crippen molar-refractivity contribution in [2.75, 3.05) is 17.2 Å². The highest BCUT2D eigenvalue weighted by Gasteiger charge is 2.29. The van der Waals surface area contributed by atoms with Crippen molar-refractivity contribution in [3.05, 3.63) is 30.0 Å². The van der Waals surface area contributed by atoms with E-state index < -0.39 is 5.60 Å². The molecule has 2 aromatic rings. The summed E-state index contributed by atoms with van der Waals surface area (Å²) in [7, 11) is 0. The van der Waals surface area contributed by atoms with E-state index >= 15 is 0 Å². The number of aromatic nitrogens is 1. The summed E-state index contributed by atoms with van der Waals surface area (Å²) in [4.78, 5) is 13.9. The Morgan fingerprint density at radius 1 is 1.41 bits per heavy atom. The van der Waals surface area contributed by atoms with E-state index in [1.54, 1.807) is 11.1 Å². The lowest BCUT2D eigenvalue weighted by Crippen LogP contribution is -2.35. The maximum Gasteiger partial charge on any atom is 0.414 e. The fourth-order valence-corrected chi connectivity index (χ4v) is 2.54. The van der Waals surface area contributed by atoms with Gasteiger partial charge in [0.05, 0.1) is 17.4 Å². The van der Waals surface area contributed by atoms with Gasteiger partial charge in [0.1, 0.15) is 5.60 Å². The van der Waals surface area contributed by atoms with Crippen molar-refractivity contribution in [1.82, 2.24) is 5.16 Å². The van der Waals surface area contributed by atoms with Gasteiger partial charge in [-0.15, -0.1) is 0 Å². The Balaban J connectivity index is 1.87. The molecular weight excluding hydrogens is 282 g/mol. The lowest BCUT2D eigenvalue weighted by atomic mass is 10.0. The van der Waals surface area contributed by atoms with Crippen LogP contribution in [-0.4, -0.2) is 23.4 Å². The van der Waals surface area contributed by atoms with E-state index in [0.717, 1.165) is 28.8 Å². The van der Waals surface area contributed by atoms with Gasteiger partial charge in [0.25, 0.3) is 0 Å². The average molecular weight is 301 g/mol. The Morgan fingerprint density at radius 2 is 2.18 bits per heavy atom. The molecule has 1 aromatic heterocycles. The number of nitrogens with two attached hydrogens (primary N) is 1.